The van der Waals surface area contributed by atoms with Crippen molar-refractivity contribution in [3.63, 3.8) is 0 Å². The normalized spacial score (nSPS) is 24.8. The van der Waals surface area contributed by atoms with Crippen LogP contribution in [0.4, 0.5) is 0 Å². The Bertz CT molecular complexity index is 847. The Hall–Kier alpha value is -1.21. The third-order valence-electron chi connectivity index (χ3n) is 4.96. The number of nitriles is 1. The SMILES string of the molecule is CC[C@H]1O[C@@H](n2ccc(=O)[nH]c2=O)[C@H](OC)[C@@H]1SP(OCCC#N)N(C(C)C)C(C)C. The van der Waals surface area contributed by atoms with Gasteiger partial charge in [-0.05, 0) is 34.1 Å². The summed E-state index contributed by atoms with van der Waals surface area (Å²) in [6.07, 6.45) is 1.27. The number of hydrogen-bond donors (Lipinski definition) is 1. The van der Waals surface area contributed by atoms with Crippen molar-refractivity contribution in [1.29, 1.82) is 5.26 Å². The quantitative estimate of drug-likeness (QED) is 0.386. The average molecular weight is 473 g/mol. The first kappa shape index (κ1) is 26.0. The van der Waals surface area contributed by atoms with E-state index in [1.54, 1.807) is 18.5 Å². The van der Waals surface area contributed by atoms with Gasteiger partial charge in [-0.1, -0.05) is 18.3 Å². The molecule has 2 rings (SSSR count). The first-order chi connectivity index (χ1) is 14.7. The highest BCUT2D eigenvalue weighted by Crippen LogP contribution is 2.61. The summed E-state index contributed by atoms with van der Waals surface area (Å²) < 4.78 is 22.0. The van der Waals surface area contributed by atoms with Gasteiger partial charge in [0.2, 0.25) is 0 Å². The molecule has 0 bridgehead atoms. The Balaban J connectivity index is 2.35. The average Bonchev–Trinajstić information content (AvgIpc) is 3.04. The van der Waals surface area contributed by atoms with E-state index in [2.05, 4.69) is 43.4 Å². The topological polar surface area (TPSA) is 110 Å². The van der Waals surface area contributed by atoms with E-state index in [9.17, 15) is 9.59 Å². The summed E-state index contributed by atoms with van der Waals surface area (Å²) in [5.74, 6) is 0. The van der Waals surface area contributed by atoms with Crippen molar-refractivity contribution in [2.24, 2.45) is 0 Å². The molecule has 0 radical (unpaired) electrons. The molecule has 1 aromatic heterocycles. The predicted octanol–water partition coefficient (Wildman–Crippen LogP) is 3.24. The van der Waals surface area contributed by atoms with Gasteiger partial charge in [-0.2, -0.15) is 5.26 Å². The smallest absolute Gasteiger partial charge is 0.330 e. The predicted molar refractivity (Wildman–Crippen MR) is 123 cm³/mol. The van der Waals surface area contributed by atoms with E-state index in [0.717, 1.165) is 6.42 Å². The van der Waals surface area contributed by atoms with Crippen LogP contribution in [0.3, 0.4) is 0 Å². The van der Waals surface area contributed by atoms with Crippen molar-refractivity contribution in [3.8, 4) is 6.07 Å². The fraction of sp³-hybridized carbons (Fsp3) is 0.750. The molecule has 1 fully saturated rings. The van der Waals surface area contributed by atoms with E-state index in [4.69, 9.17) is 19.3 Å². The number of nitrogens with zero attached hydrogens (tertiary/aromatic N) is 3. The molecule has 2 heterocycles. The number of ether oxygens (including phenoxy) is 2. The Labute approximate surface area is 188 Å². The molecule has 5 atom stereocenters. The molecule has 0 saturated carbocycles. The highest BCUT2D eigenvalue weighted by molar-refractivity contribution is 8.53. The van der Waals surface area contributed by atoms with Crippen LogP contribution >= 0.6 is 18.9 Å². The van der Waals surface area contributed by atoms with Crippen LogP contribution < -0.4 is 11.2 Å². The van der Waals surface area contributed by atoms with Crippen molar-refractivity contribution in [3.05, 3.63) is 33.1 Å². The van der Waals surface area contributed by atoms with Crippen LogP contribution in [0.5, 0.6) is 0 Å². The number of hydrogen-bond acceptors (Lipinski definition) is 8. The maximum atomic E-state index is 12.4. The van der Waals surface area contributed by atoms with Crippen LogP contribution in [-0.2, 0) is 14.0 Å². The first-order valence-electron chi connectivity index (χ1n) is 10.5. The third-order valence-corrected chi connectivity index (χ3v) is 9.81. The maximum absolute atomic E-state index is 12.4. The first-order valence-corrected chi connectivity index (χ1v) is 13.2. The molecule has 1 N–H and O–H groups in total. The highest BCUT2D eigenvalue weighted by atomic mass is 32.7. The molecule has 1 aliphatic rings. The zero-order valence-corrected chi connectivity index (χ0v) is 20.7. The Morgan fingerprint density at radius 3 is 2.55 bits per heavy atom. The second-order valence-electron chi connectivity index (χ2n) is 7.81. The highest BCUT2D eigenvalue weighted by Gasteiger charge is 2.48. The summed E-state index contributed by atoms with van der Waals surface area (Å²) >= 11 is 1.66. The van der Waals surface area contributed by atoms with Crippen molar-refractivity contribution in [1.82, 2.24) is 14.2 Å². The summed E-state index contributed by atoms with van der Waals surface area (Å²) in [4.78, 5) is 26.1. The number of aromatic nitrogens is 2. The number of methoxy groups -OCH3 is 1. The molecule has 1 aliphatic heterocycles. The van der Waals surface area contributed by atoms with E-state index in [-0.39, 0.29) is 23.4 Å². The van der Waals surface area contributed by atoms with E-state index >= 15 is 0 Å². The van der Waals surface area contributed by atoms with Crippen LogP contribution in [0.25, 0.3) is 0 Å². The van der Waals surface area contributed by atoms with Crippen molar-refractivity contribution >= 4 is 18.9 Å². The zero-order valence-electron chi connectivity index (χ0n) is 19.0. The lowest BCUT2D eigenvalue weighted by Crippen LogP contribution is -2.38. The monoisotopic (exact) mass is 472 g/mol. The lowest BCUT2D eigenvalue weighted by molar-refractivity contribution is -0.0526. The zero-order chi connectivity index (χ0) is 23.1. The number of nitrogens with one attached hydrogen (secondary N) is 1. The van der Waals surface area contributed by atoms with Gasteiger partial charge in [0.1, 0.15) is 6.10 Å². The minimum absolute atomic E-state index is 0.0907. The number of rotatable bonds is 11. The maximum Gasteiger partial charge on any atom is 0.330 e. The summed E-state index contributed by atoms with van der Waals surface area (Å²) in [6.45, 7) is 10.9. The van der Waals surface area contributed by atoms with Crippen LogP contribution in [0.2, 0.25) is 0 Å². The lowest BCUT2D eigenvalue weighted by Gasteiger charge is -2.38. The van der Waals surface area contributed by atoms with Gasteiger partial charge in [-0.25, -0.2) is 9.46 Å². The molecule has 11 heteroatoms. The molecule has 0 aliphatic carbocycles. The summed E-state index contributed by atoms with van der Waals surface area (Å²) in [6, 6.07) is 3.94. The second kappa shape index (κ2) is 12.1. The van der Waals surface area contributed by atoms with Gasteiger partial charge in [0.25, 0.3) is 5.56 Å². The Morgan fingerprint density at radius 1 is 1.35 bits per heavy atom. The van der Waals surface area contributed by atoms with Crippen molar-refractivity contribution < 1.29 is 14.0 Å². The fourth-order valence-corrected chi connectivity index (χ4v) is 9.19. The van der Waals surface area contributed by atoms with Crippen LogP contribution in [0, 0.1) is 11.3 Å². The molecular formula is C20H33N4O5PS. The molecule has 0 spiro atoms. The van der Waals surface area contributed by atoms with Crippen molar-refractivity contribution in [2.75, 3.05) is 13.7 Å². The molecule has 31 heavy (non-hydrogen) atoms. The van der Waals surface area contributed by atoms with Crippen LogP contribution in [0.15, 0.2) is 21.9 Å². The van der Waals surface area contributed by atoms with Crippen LogP contribution in [-0.4, -0.2) is 57.5 Å². The van der Waals surface area contributed by atoms with Gasteiger partial charge in [-0.3, -0.25) is 14.3 Å². The molecular weight excluding hydrogens is 439 g/mol. The third kappa shape index (κ3) is 6.41. The Morgan fingerprint density at radius 2 is 2.03 bits per heavy atom. The molecule has 0 amide bonds. The van der Waals surface area contributed by atoms with E-state index in [1.165, 1.54) is 16.8 Å². The van der Waals surface area contributed by atoms with Gasteiger partial charge in [-0.15, -0.1) is 0 Å². The standard InChI is InChI=1S/C20H33N4O5PS/c1-7-15-18(31-30(28-12-8-10-21)24(13(2)3)14(4)5)17(27-6)19(29-15)23-11-9-16(25)22-20(23)26/h9,11,13-15,17-19H,7-8,12H2,1-6H3,(H,22,25,26)/t15-,17-,18-,19-,30?/m1/s1. The van der Waals surface area contributed by atoms with Gasteiger partial charge in [0.05, 0.1) is 30.5 Å². The van der Waals surface area contributed by atoms with Crippen molar-refractivity contribution in [2.45, 2.75) is 83.2 Å². The summed E-state index contributed by atoms with van der Waals surface area (Å²) in [5.41, 5.74) is -0.983. The van der Waals surface area contributed by atoms with Gasteiger partial charge < -0.3 is 14.0 Å². The van der Waals surface area contributed by atoms with E-state index in [0.29, 0.717) is 13.0 Å². The summed E-state index contributed by atoms with van der Waals surface area (Å²) in [5, 5.41) is 8.86. The van der Waals surface area contributed by atoms with Gasteiger partial charge >= 0.3 is 5.69 Å². The molecule has 174 valence electrons. The van der Waals surface area contributed by atoms with E-state index < -0.39 is 31.1 Å². The number of H-pyrrole nitrogens is 1. The largest absolute Gasteiger partial charge is 0.375 e. The molecule has 9 nitrogen and oxygen atoms in total. The minimum atomic E-state index is -1.10. The minimum Gasteiger partial charge on any atom is -0.375 e. The molecule has 1 saturated heterocycles. The second-order valence-corrected chi connectivity index (χ2v) is 11.3. The lowest BCUT2D eigenvalue weighted by atomic mass is 10.1. The molecule has 1 aromatic rings. The fourth-order valence-electron chi connectivity index (χ4n) is 3.66. The number of aromatic amines is 1. The summed E-state index contributed by atoms with van der Waals surface area (Å²) in [7, 11) is 0.505. The van der Waals surface area contributed by atoms with Crippen LogP contribution in [0.1, 0.15) is 53.7 Å². The molecule has 1 unspecified atom stereocenters. The van der Waals surface area contributed by atoms with Gasteiger partial charge in [0.15, 0.2) is 13.7 Å². The van der Waals surface area contributed by atoms with Gasteiger partial charge in [0, 0.05) is 31.5 Å². The molecule has 0 aromatic carbocycles. The Kier molecular flexibility index (Phi) is 10.2. The van der Waals surface area contributed by atoms with E-state index in [1.807, 2.05) is 6.92 Å².